The first kappa shape index (κ1) is 8.96. The standard InChI is InChI=1S/C6H12Br2/c1-5(3-7)6(2)4-8/h5-6H,3-4H2,1-2H3/t5-,6?/m0/s1. The summed E-state index contributed by atoms with van der Waals surface area (Å²) in [5.74, 6) is 1.57. The molecule has 0 saturated carbocycles. The minimum absolute atomic E-state index is 0.786. The Labute approximate surface area is 68.3 Å². The number of alkyl halides is 2. The molecule has 2 heteroatoms. The van der Waals surface area contributed by atoms with Gasteiger partial charge in [0.2, 0.25) is 0 Å². The van der Waals surface area contributed by atoms with Crippen molar-refractivity contribution in [1.82, 2.24) is 0 Å². The number of rotatable bonds is 3. The van der Waals surface area contributed by atoms with Crippen molar-refractivity contribution in [3.8, 4) is 0 Å². The first-order valence-electron chi connectivity index (χ1n) is 2.84. The summed E-state index contributed by atoms with van der Waals surface area (Å²) >= 11 is 6.87. The maximum absolute atomic E-state index is 3.44. The average Bonchev–Trinajstić information content (AvgIpc) is 1.84. The third-order valence-corrected chi connectivity index (χ3v) is 3.50. The van der Waals surface area contributed by atoms with Gasteiger partial charge in [-0.05, 0) is 11.8 Å². The fourth-order valence-electron chi connectivity index (χ4n) is 0.304. The molecule has 8 heavy (non-hydrogen) atoms. The monoisotopic (exact) mass is 242 g/mol. The molecule has 1 unspecified atom stereocenters. The van der Waals surface area contributed by atoms with E-state index in [0.717, 1.165) is 22.5 Å². The van der Waals surface area contributed by atoms with Crippen molar-refractivity contribution in [3.05, 3.63) is 0 Å². The Morgan fingerprint density at radius 2 is 1.25 bits per heavy atom. The van der Waals surface area contributed by atoms with Gasteiger partial charge in [0.05, 0.1) is 0 Å². The average molecular weight is 244 g/mol. The second-order valence-corrected chi connectivity index (χ2v) is 3.56. The lowest BCUT2D eigenvalue weighted by Gasteiger charge is -2.12. The molecule has 0 radical (unpaired) electrons. The molecule has 0 N–H and O–H groups in total. The topological polar surface area (TPSA) is 0 Å². The summed E-state index contributed by atoms with van der Waals surface area (Å²) in [5.41, 5.74) is 0. The minimum Gasteiger partial charge on any atom is -0.0925 e. The van der Waals surface area contributed by atoms with E-state index in [0.29, 0.717) is 0 Å². The molecule has 0 fully saturated rings. The van der Waals surface area contributed by atoms with Crippen molar-refractivity contribution in [2.45, 2.75) is 13.8 Å². The minimum atomic E-state index is 0.786. The van der Waals surface area contributed by atoms with Gasteiger partial charge in [0.15, 0.2) is 0 Å². The van der Waals surface area contributed by atoms with Crippen LogP contribution in [0.3, 0.4) is 0 Å². The van der Waals surface area contributed by atoms with Crippen LogP contribution in [0, 0.1) is 11.8 Å². The van der Waals surface area contributed by atoms with Gasteiger partial charge in [-0.25, -0.2) is 0 Å². The fourth-order valence-corrected chi connectivity index (χ4v) is 1.58. The Kier molecular flexibility index (Phi) is 5.38. The van der Waals surface area contributed by atoms with Gasteiger partial charge in [0.25, 0.3) is 0 Å². The van der Waals surface area contributed by atoms with Gasteiger partial charge in [-0.15, -0.1) is 0 Å². The normalized spacial score (nSPS) is 18.0. The maximum atomic E-state index is 3.44. The van der Waals surface area contributed by atoms with Gasteiger partial charge in [-0.1, -0.05) is 45.7 Å². The van der Waals surface area contributed by atoms with E-state index in [1.807, 2.05) is 0 Å². The van der Waals surface area contributed by atoms with E-state index in [1.54, 1.807) is 0 Å². The van der Waals surface area contributed by atoms with E-state index in [4.69, 9.17) is 0 Å². The molecule has 2 atom stereocenters. The fraction of sp³-hybridized carbons (Fsp3) is 1.00. The zero-order chi connectivity index (χ0) is 6.57. The molecule has 0 bridgehead atoms. The van der Waals surface area contributed by atoms with Crippen LogP contribution in [0.25, 0.3) is 0 Å². The first-order chi connectivity index (χ1) is 3.72. The highest BCUT2D eigenvalue weighted by molar-refractivity contribution is 9.09. The van der Waals surface area contributed by atoms with Crippen molar-refractivity contribution in [2.75, 3.05) is 10.7 Å². The predicted octanol–water partition coefficient (Wildman–Crippen LogP) is 3.05. The van der Waals surface area contributed by atoms with E-state index in [1.165, 1.54) is 0 Å². The summed E-state index contributed by atoms with van der Waals surface area (Å²) < 4.78 is 0. The maximum Gasteiger partial charge on any atom is 0.00598 e. The molecule has 0 amide bonds. The zero-order valence-electron chi connectivity index (χ0n) is 5.32. The molecule has 0 saturated heterocycles. The second kappa shape index (κ2) is 4.80. The van der Waals surface area contributed by atoms with Gasteiger partial charge >= 0.3 is 0 Å². The molecular formula is C6H12Br2. The van der Waals surface area contributed by atoms with Crippen LogP contribution in [0.4, 0.5) is 0 Å². The molecule has 0 aromatic rings. The summed E-state index contributed by atoms with van der Waals surface area (Å²) in [6.07, 6.45) is 0. The Balaban J connectivity index is 3.29. The Morgan fingerprint density at radius 3 is 1.38 bits per heavy atom. The van der Waals surface area contributed by atoms with E-state index < -0.39 is 0 Å². The highest BCUT2D eigenvalue weighted by atomic mass is 79.9. The Morgan fingerprint density at radius 1 is 1.00 bits per heavy atom. The summed E-state index contributed by atoms with van der Waals surface area (Å²) in [6.45, 7) is 4.50. The van der Waals surface area contributed by atoms with Crippen molar-refractivity contribution in [3.63, 3.8) is 0 Å². The van der Waals surface area contributed by atoms with Crippen LogP contribution in [0.2, 0.25) is 0 Å². The lowest BCUT2D eigenvalue weighted by atomic mass is 10.0. The summed E-state index contributed by atoms with van der Waals surface area (Å²) in [5, 5.41) is 2.22. The van der Waals surface area contributed by atoms with Crippen LogP contribution in [0.5, 0.6) is 0 Å². The van der Waals surface area contributed by atoms with Crippen molar-refractivity contribution in [2.24, 2.45) is 11.8 Å². The predicted molar refractivity (Wildman–Crippen MR) is 45.9 cm³/mol. The highest BCUT2D eigenvalue weighted by Gasteiger charge is 2.07. The third kappa shape index (κ3) is 3.08. The smallest absolute Gasteiger partial charge is 0.00598 e. The number of hydrogen-bond acceptors (Lipinski definition) is 0. The van der Waals surface area contributed by atoms with Crippen LogP contribution in [-0.4, -0.2) is 10.7 Å². The Hall–Kier alpha value is 0.960. The second-order valence-electron chi connectivity index (χ2n) is 2.26. The molecule has 0 aliphatic rings. The van der Waals surface area contributed by atoms with E-state index in [-0.39, 0.29) is 0 Å². The van der Waals surface area contributed by atoms with Crippen LogP contribution in [0.15, 0.2) is 0 Å². The number of halogens is 2. The number of hydrogen-bond donors (Lipinski definition) is 0. The molecule has 0 rings (SSSR count). The van der Waals surface area contributed by atoms with Gasteiger partial charge in [0.1, 0.15) is 0 Å². The van der Waals surface area contributed by atoms with E-state index >= 15 is 0 Å². The lowest BCUT2D eigenvalue weighted by Crippen LogP contribution is -2.09. The molecule has 50 valence electrons. The third-order valence-electron chi connectivity index (χ3n) is 1.46. The zero-order valence-corrected chi connectivity index (χ0v) is 8.50. The highest BCUT2D eigenvalue weighted by Crippen LogP contribution is 2.14. The van der Waals surface area contributed by atoms with Crippen molar-refractivity contribution in [1.29, 1.82) is 0 Å². The molecule has 0 aliphatic carbocycles. The quantitative estimate of drug-likeness (QED) is 0.669. The summed E-state index contributed by atoms with van der Waals surface area (Å²) in [7, 11) is 0. The summed E-state index contributed by atoms with van der Waals surface area (Å²) in [6, 6.07) is 0. The van der Waals surface area contributed by atoms with Crippen LogP contribution in [0.1, 0.15) is 13.8 Å². The molecule has 0 heterocycles. The molecule has 0 spiro atoms. The van der Waals surface area contributed by atoms with Gasteiger partial charge in [-0.3, -0.25) is 0 Å². The first-order valence-corrected chi connectivity index (χ1v) is 5.08. The molecule has 0 aromatic carbocycles. The lowest BCUT2D eigenvalue weighted by molar-refractivity contribution is 0.477. The van der Waals surface area contributed by atoms with Gasteiger partial charge in [0, 0.05) is 10.7 Å². The van der Waals surface area contributed by atoms with Crippen LogP contribution >= 0.6 is 31.9 Å². The van der Waals surface area contributed by atoms with Crippen molar-refractivity contribution < 1.29 is 0 Å². The summed E-state index contributed by atoms with van der Waals surface area (Å²) in [4.78, 5) is 0. The van der Waals surface area contributed by atoms with Crippen LogP contribution in [-0.2, 0) is 0 Å². The largest absolute Gasteiger partial charge is 0.0925 e. The van der Waals surface area contributed by atoms with Crippen LogP contribution < -0.4 is 0 Å². The van der Waals surface area contributed by atoms with Crippen molar-refractivity contribution >= 4 is 31.9 Å². The molecule has 0 aromatic heterocycles. The molecular weight excluding hydrogens is 232 g/mol. The van der Waals surface area contributed by atoms with E-state index in [9.17, 15) is 0 Å². The van der Waals surface area contributed by atoms with Gasteiger partial charge < -0.3 is 0 Å². The Bertz CT molecular complexity index is 46.5. The molecule has 0 aliphatic heterocycles. The van der Waals surface area contributed by atoms with E-state index in [2.05, 4.69) is 45.7 Å². The SMILES string of the molecule is CC(CBr)[C@@H](C)CBr. The molecule has 0 nitrogen and oxygen atoms in total. The van der Waals surface area contributed by atoms with Gasteiger partial charge in [-0.2, -0.15) is 0 Å².